The molecule has 1 unspecified atom stereocenters. The maximum absolute atomic E-state index is 13.8. The monoisotopic (exact) mass is 413 g/mol. The zero-order chi connectivity index (χ0) is 21.2. The highest BCUT2D eigenvalue weighted by Crippen LogP contribution is 2.37. The normalized spacial score (nSPS) is 22.2. The molecule has 2 amide bonds. The second-order valence-electron chi connectivity index (χ2n) is 8.13. The zero-order valence-corrected chi connectivity index (χ0v) is 17.0. The number of benzene rings is 3. The van der Waals surface area contributed by atoms with Gasteiger partial charge in [-0.15, -0.1) is 0 Å². The lowest BCUT2D eigenvalue weighted by Gasteiger charge is -2.54. The molecule has 3 aromatic rings. The van der Waals surface area contributed by atoms with Gasteiger partial charge >= 0.3 is 6.03 Å². The van der Waals surface area contributed by atoms with Gasteiger partial charge in [0, 0.05) is 31.1 Å². The van der Waals surface area contributed by atoms with Gasteiger partial charge in [-0.05, 0) is 28.8 Å². The van der Waals surface area contributed by atoms with Crippen molar-refractivity contribution in [2.24, 2.45) is 0 Å². The van der Waals surface area contributed by atoms with Crippen LogP contribution in [0.3, 0.4) is 0 Å². The second-order valence-corrected chi connectivity index (χ2v) is 8.13. The average molecular weight is 413 g/mol. The molecule has 0 saturated carbocycles. The van der Waals surface area contributed by atoms with Crippen LogP contribution < -0.4 is 10.6 Å². The van der Waals surface area contributed by atoms with Gasteiger partial charge in [-0.2, -0.15) is 0 Å². The van der Waals surface area contributed by atoms with Crippen molar-refractivity contribution in [1.29, 1.82) is 0 Å². The van der Waals surface area contributed by atoms with E-state index >= 15 is 0 Å². The van der Waals surface area contributed by atoms with Crippen molar-refractivity contribution in [2.75, 3.05) is 18.4 Å². The fraction of sp³-hybridized carbons (Fsp3) is 0.192. The Hall–Kier alpha value is -3.44. The molecule has 3 heterocycles. The van der Waals surface area contributed by atoms with Crippen molar-refractivity contribution in [2.45, 2.75) is 18.0 Å². The number of carbonyl (C=O) groups excluding carboxylic acids is 1. The van der Waals surface area contributed by atoms with Crippen molar-refractivity contribution < 1.29 is 9.18 Å². The number of nitrogens with zero attached hydrogens (tertiary/aromatic N) is 1. The van der Waals surface area contributed by atoms with E-state index in [0.29, 0.717) is 19.0 Å². The van der Waals surface area contributed by atoms with Gasteiger partial charge in [0.25, 0.3) is 0 Å². The Morgan fingerprint density at radius 2 is 1.48 bits per heavy atom. The number of rotatable bonds is 4. The minimum atomic E-state index is -0.421. The third kappa shape index (κ3) is 4.09. The molecule has 5 heteroatoms. The van der Waals surface area contributed by atoms with E-state index in [1.807, 2.05) is 18.2 Å². The zero-order valence-electron chi connectivity index (χ0n) is 17.0. The number of urea groups is 1. The van der Waals surface area contributed by atoms with E-state index < -0.39 is 5.82 Å². The predicted molar refractivity (Wildman–Crippen MR) is 122 cm³/mol. The van der Waals surface area contributed by atoms with Crippen LogP contribution in [0.25, 0.3) is 12.2 Å². The molecule has 2 bridgehead atoms. The Balaban J connectivity index is 1.20. The fourth-order valence-electron chi connectivity index (χ4n) is 4.50. The first kappa shape index (κ1) is 19.5. The van der Waals surface area contributed by atoms with Crippen LogP contribution in [-0.4, -0.2) is 36.1 Å². The molecule has 156 valence electrons. The number of nitrogens with one attached hydrogen (secondary N) is 2. The Kier molecular flexibility index (Phi) is 5.26. The SMILES string of the molecule is O=C(Nc1ccccc1F)N1C[C@@H]2N[C@H](C1)C2c1ccc(/C=C/c2ccccc2)cc1. The standard InChI is InChI=1S/C26H24FN3O/c27-21-8-4-5-9-22(21)29-26(31)30-16-23-25(24(17-30)28-23)20-14-12-19(13-15-20)11-10-18-6-2-1-3-7-18/h1-15,23-25,28H,16-17H2,(H,29,31)/b11-10+/t23-,24+,25?. The quantitative estimate of drug-likeness (QED) is 0.594. The number of piperazine rings is 1. The van der Waals surface area contributed by atoms with Crippen molar-refractivity contribution in [3.05, 3.63) is 101 Å². The van der Waals surface area contributed by atoms with Crippen molar-refractivity contribution in [3.63, 3.8) is 0 Å². The molecule has 0 radical (unpaired) electrons. The van der Waals surface area contributed by atoms with Crippen LogP contribution in [0, 0.1) is 5.82 Å². The number of anilines is 1. The summed E-state index contributed by atoms with van der Waals surface area (Å²) in [6.45, 7) is 1.22. The van der Waals surface area contributed by atoms with Crippen molar-refractivity contribution in [1.82, 2.24) is 10.2 Å². The van der Waals surface area contributed by atoms with E-state index in [0.717, 1.165) is 5.56 Å². The topological polar surface area (TPSA) is 44.4 Å². The van der Waals surface area contributed by atoms with Gasteiger partial charge in [-0.3, -0.25) is 0 Å². The van der Waals surface area contributed by atoms with Crippen LogP contribution in [0.15, 0.2) is 78.9 Å². The Morgan fingerprint density at radius 3 is 2.16 bits per heavy atom. The predicted octanol–water partition coefficient (Wildman–Crippen LogP) is 4.97. The highest BCUT2D eigenvalue weighted by molar-refractivity contribution is 5.89. The van der Waals surface area contributed by atoms with Gasteiger partial charge in [-0.1, -0.05) is 78.9 Å². The summed E-state index contributed by atoms with van der Waals surface area (Å²) >= 11 is 0. The van der Waals surface area contributed by atoms with Crippen molar-refractivity contribution >= 4 is 23.9 Å². The molecular weight excluding hydrogens is 389 g/mol. The first-order chi connectivity index (χ1) is 15.2. The molecule has 3 aromatic carbocycles. The summed E-state index contributed by atoms with van der Waals surface area (Å²) < 4.78 is 13.8. The summed E-state index contributed by atoms with van der Waals surface area (Å²) in [5.74, 6) is -0.0277. The maximum Gasteiger partial charge on any atom is 0.322 e. The molecule has 6 rings (SSSR count). The first-order valence-electron chi connectivity index (χ1n) is 10.6. The summed E-state index contributed by atoms with van der Waals surface area (Å²) in [6.07, 6.45) is 4.23. The lowest BCUT2D eigenvalue weighted by molar-refractivity contribution is 0.0759. The molecule has 0 aromatic heterocycles. The molecule has 0 aliphatic carbocycles. The van der Waals surface area contributed by atoms with Crippen molar-refractivity contribution in [3.8, 4) is 0 Å². The van der Waals surface area contributed by atoms with Crippen LogP contribution in [0.2, 0.25) is 0 Å². The van der Waals surface area contributed by atoms with E-state index in [9.17, 15) is 9.18 Å². The molecule has 3 aliphatic rings. The third-order valence-electron chi connectivity index (χ3n) is 6.12. The van der Waals surface area contributed by atoms with Crippen LogP contribution in [-0.2, 0) is 0 Å². The third-order valence-corrected chi connectivity index (χ3v) is 6.12. The number of hydrogen-bond donors (Lipinski definition) is 2. The molecule has 3 fully saturated rings. The molecule has 31 heavy (non-hydrogen) atoms. The summed E-state index contributed by atoms with van der Waals surface area (Å²) in [5.41, 5.74) is 3.85. The lowest BCUT2D eigenvalue weighted by atomic mass is 9.74. The summed E-state index contributed by atoms with van der Waals surface area (Å²) in [7, 11) is 0. The molecule has 3 atom stereocenters. The Bertz CT molecular complexity index is 1090. The second kappa shape index (κ2) is 8.36. The van der Waals surface area contributed by atoms with Crippen LogP contribution in [0.4, 0.5) is 14.9 Å². The lowest BCUT2D eigenvalue weighted by Crippen LogP contribution is -2.72. The van der Waals surface area contributed by atoms with E-state index in [2.05, 4.69) is 59.2 Å². The van der Waals surface area contributed by atoms with Gasteiger partial charge in [0.15, 0.2) is 0 Å². The Morgan fingerprint density at radius 1 is 0.871 bits per heavy atom. The number of carbonyl (C=O) groups is 1. The number of hydrogen-bond acceptors (Lipinski definition) is 2. The number of halogens is 1. The molecule has 4 nitrogen and oxygen atoms in total. The minimum absolute atomic E-state index is 0.218. The molecular formula is C26H24FN3O. The Labute approximate surface area is 181 Å². The van der Waals surface area contributed by atoms with Gasteiger partial charge in [0.2, 0.25) is 0 Å². The number of para-hydroxylation sites is 1. The van der Waals surface area contributed by atoms with Crippen LogP contribution in [0.1, 0.15) is 22.6 Å². The van der Waals surface area contributed by atoms with E-state index in [1.165, 1.54) is 17.2 Å². The van der Waals surface area contributed by atoms with E-state index in [4.69, 9.17) is 0 Å². The smallest absolute Gasteiger partial charge is 0.321 e. The molecule has 2 N–H and O–H groups in total. The molecule has 3 saturated heterocycles. The fourth-order valence-corrected chi connectivity index (χ4v) is 4.50. The van der Waals surface area contributed by atoms with Gasteiger partial charge in [0.1, 0.15) is 5.82 Å². The minimum Gasteiger partial charge on any atom is -0.321 e. The summed E-state index contributed by atoms with van der Waals surface area (Å²) in [6, 6.07) is 25.3. The number of amides is 2. The number of fused-ring (bicyclic) bond motifs is 2. The first-order valence-corrected chi connectivity index (χ1v) is 10.6. The van der Waals surface area contributed by atoms with E-state index in [1.54, 1.807) is 23.1 Å². The largest absolute Gasteiger partial charge is 0.322 e. The average Bonchev–Trinajstić information content (AvgIpc) is 2.81. The highest BCUT2D eigenvalue weighted by atomic mass is 19.1. The van der Waals surface area contributed by atoms with Gasteiger partial charge < -0.3 is 15.5 Å². The number of piperidine rings is 1. The molecule has 3 aliphatic heterocycles. The molecule has 0 spiro atoms. The summed E-state index contributed by atoms with van der Waals surface area (Å²) in [4.78, 5) is 14.3. The maximum atomic E-state index is 13.8. The summed E-state index contributed by atoms with van der Waals surface area (Å²) in [5, 5.41) is 6.23. The van der Waals surface area contributed by atoms with Gasteiger partial charge in [-0.25, -0.2) is 9.18 Å². The van der Waals surface area contributed by atoms with Crippen LogP contribution >= 0.6 is 0 Å². The highest BCUT2D eigenvalue weighted by Gasteiger charge is 2.48. The van der Waals surface area contributed by atoms with Crippen LogP contribution in [0.5, 0.6) is 0 Å². The van der Waals surface area contributed by atoms with E-state index in [-0.39, 0.29) is 23.8 Å². The van der Waals surface area contributed by atoms with Gasteiger partial charge in [0.05, 0.1) is 5.69 Å².